The second-order valence-electron chi connectivity index (χ2n) is 22.0. The first-order chi connectivity index (χ1) is 35.0. The normalized spacial score (nSPS) is 15.1. The van der Waals surface area contributed by atoms with E-state index in [0.717, 1.165) is 50.3 Å². The molecular formula is C69H51NO2. The summed E-state index contributed by atoms with van der Waals surface area (Å²) >= 11 is 0. The summed E-state index contributed by atoms with van der Waals surface area (Å²) in [5.41, 5.74) is 26.9. The lowest BCUT2D eigenvalue weighted by atomic mass is 9.79. The fraction of sp³-hybridized carbons (Fsp3) is 0.130. The minimum atomic E-state index is -0.325. The maximum Gasteiger partial charge on any atom is 0.143 e. The average Bonchev–Trinajstić information content (AvgIpc) is 4.15. The third-order valence-corrected chi connectivity index (χ3v) is 17.1. The van der Waals surface area contributed by atoms with Crippen LogP contribution in [0.25, 0.3) is 99.5 Å². The van der Waals surface area contributed by atoms with Crippen LogP contribution in [0.4, 0.5) is 17.1 Å². The van der Waals surface area contributed by atoms with Gasteiger partial charge in [0.2, 0.25) is 0 Å². The Bertz CT molecular complexity index is 4300. The van der Waals surface area contributed by atoms with Crippen LogP contribution in [-0.4, -0.2) is 0 Å². The molecule has 0 spiro atoms. The van der Waals surface area contributed by atoms with Crippen LogP contribution in [0.3, 0.4) is 0 Å². The number of para-hydroxylation sites is 3. The zero-order valence-corrected chi connectivity index (χ0v) is 41.3. The van der Waals surface area contributed by atoms with E-state index in [4.69, 9.17) is 8.83 Å². The number of hydrogen-bond acceptors (Lipinski definition) is 3. The number of furan rings is 2. The van der Waals surface area contributed by atoms with Crippen molar-refractivity contribution in [2.45, 2.75) is 57.8 Å². The molecule has 0 fully saturated rings. The first kappa shape index (κ1) is 41.4. The number of hydrogen-bond donors (Lipinski definition) is 0. The molecule has 10 aromatic carbocycles. The summed E-state index contributed by atoms with van der Waals surface area (Å²) in [6.45, 7) is 14.4. The summed E-state index contributed by atoms with van der Waals surface area (Å²) < 4.78 is 13.4. The Morgan fingerprint density at radius 2 is 0.819 bits per heavy atom. The Morgan fingerprint density at radius 1 is 0.306 bits per heavy atom. The maximum absolute atomic E-state index is 6.96. The van der Waals surface area contributed by atoms with Gasteiger partial charge in [0.25, 0.3) is 0 Å². The van der Waals surface area contributed by atoms with Crippen LogP contribution in [0.2, 0.25) is 0 Å². The van der Waals surface area contributed by atoms with E-state index in [1.54, 1.807) is 0 Å². The molecule has 0 atom stereocenters. The van der Waals surface area contributed by atoms with Crippen LogP contribution in [0.1, 0.15) is 74.9 Å². The molecule has 0 saturated carbocycles. The summed E-state index contributed by atoms with van der Waals surface area (Å²) in [7, 11) is 0. The van der Waals surface area contributed by atoms with Crippen molar-refractivity contribution >= 4 is 60.9 Å². The Balaban J connectivity index is 0.884. The Labute approximate surface area is 419 Å². The summed E-state index contributed by atoms with van der Waals surface area (Å²) in [4.78, 5) is 2.46. The first-order valence-electron chi connectivity index (χ1n) is 25.4. The molecule has 2 aromatic heterocycles. The molecule has 2 heterocycles. The van der Waals surface area contributed by atoms with Crippen molar-refractivity contribution in [3.63, 3.8) is 0 Å². The molecule has 0 amide bonds. The lowest BCUT2D eigenvalue weighted by molar-refractivity contribution is 0.651. The van der Waals surface area contributed by atoms with E-state index in [-0.39, 0.29) is 16.2 Å². The highest BCUT2D eigenvalue weighted by molar-refractivity contribution is 6.20. The van der Waals surface area contributed by atoms with Crippen molar-refractivity contribution in [3.8, 4) is 55.6 Å². The van der Waals surface area contributed by atoms with Crippen LogP contribution in [0.15, 0.2) is 209 Å². The Morgan fingerprint density at radius 3 is 1.56 bits per heavy atom. The second-order valence-corrected chi connectivity index (χ2v) is 22.0. The molecule has 0 saturated heterocycles. The molecule has 0 N–H and O–H groups in total. The van der Waals surface area contributed by atoms with E-state index in [1.807, 2.05) is 0 Å². The highest BCUT2D eigenvalue weighted by Crippen LogP contribution is 2.60. The van der Waals surface area contributed by atoms with Crippen LogP contribution in [0.5, 0.6) is 0 Å². The van der Waals surface area contributed by atoms with Crippen LogP contribution >= 0.6 is 0 Å². The molecule has 3 aliphatic carbocycles. The molecule has 3 aliphatic rings. The van der Waals surface area contributed by atoms with E-state index in [2.05, 4.69) is 247 Å². The second kappa shape index (κ2) is 14.4. The SMILES string of the molecule is CC1(C)c2cc(N(c3ccccc3)c3ccc4c(c3)C(C)(C)c3cc(-c5ccccc5-c5ccccc5)c5oc6ccccc6c5c3-4)ccc2-c2cc3c(cc21)-c1c(ccc2oc4ccccc4c12)C3(C)C. The quantitative estimate of drug-likeness (QED) is 0.172. The van der Waals surface area contributed by atoms with Gasteiger partial charge in [-0.25, -0.2) is 0 Å². The minimum Gasteiger partial charge on any atom is -0.456 e. The predicted octanol–water partition coefficient (Wildman–Crippen LogP) is 19.2. The van der Waals surface area contributed by atoms with E-state index < -0.39 is 0 Å². The van der Waals surface area contributed by atoms with Gasteiger partial charge in [0.15, 0.2) is 0 Å². The third-order valence-electron chi connectivity index (χ3n) is 17.1. The van der Waals surface area contributed by atoms with E-state index in [9.17, 15) is 0 Å². The van der Waals surface area contributed by atoms with Crippen molar-refractivity contribution in [3.05, 3.63) is 234 Å². The van der Waals surface area contributed by atoms with Gasteiger partial charge in [0, 0.05) is 60.4 Å². The van der Waals surface area contributed by atoms with Crippen molar-refractivity contribution in [1.82, 2.24) is 0 Å². The van der Waals surface area contributed by atoms with Gasteiger partial charge in [0.05, 0.1) is 0 Å². The lowest BCUT2D eigenvalue weighted by Gasteiger charge is -2.29. The van der Waals surface area contributed by atoms with E-state index in [1.165, 1.54) is 99.6 Å². The number of rotatable bonds is 5. The van der Waals surface area contributed by atoms with Crippen molar-refractivity contribution in [2.75, 3.05) is 4.90 Å². The molecule has 0 aliphatic heterocycles. The number of nitrogens with zero attached hydrogens (tertiary/aromatic N) is 1. The monoisotopic (exact) mass is 925 g/mol. The fourth-order valence-electron chi connectivity index (χ4n) is 13.4. The van der Waals surface area contributed by atoms with Crippen LogP contribution < -0.4 is 4.90 Å². The van der Waals surface area contributed by atoms with Gasteiger partial charge < -0.3 is 13.7 Å². The van der Waals surface area contributed by atoms with Gasteiger partial charge >= 0.3 is 0 Å². The van der Waals surface area contributed by atoms with Gasteiger partial charge in [-0.1, -0.05) is 169 Å². The van der Waals surface area contributed by atoms with Crippen molar-refractivity contribution in [2.24, 2.45) is 0 Å². The Kier molecular flexibility index (Phi) is 8.26. The zero-order valence-electron chi connectivity index (χ0n) is 41.3. The number of benzene rings is 10. The highest BCUT2D eigenvalue weighted by atomic mass is 16.3. The van der Waals surface area contributed by atoms with E-state index in [0.29, 0.717) is 0 Å². The topological polar surface area (TPSA) is 29.5 Å². The lowest BCUT2D eigenvalue weighted by Crippen LogP contribution is -2.18. The van der Waals surface area contributed by atoms with Crippen molar-refractivity contribution < 1.29 is 8.83 Å². The molecule has 72 heavy (non-hydrogen) atoms. The molecule has 3 nitrogen and oxygen atoms in total. The highest BCUT2D eigenvalue weighted by Gasteiger charge is 2.44. The maximum atomic E-state index is 6.96. The average molecular weight is 926 g/mol. The van der Waals surface area contributed by atoms with Gasteiger partial charge in [-0.2, -0.15) is 0 Å². The van der Waals surface area contributed by atoms with Crippen LogP contribution in [-0.2, 0) is 16.2 Å². The zero-order chi connectivity index (χ0) is 48.4. The summed E-state index contributed by atoms with van der Waals surface area (Å²) in [5, 5.41) is 4.73. The molecule has 0 unspecified atom stereocenters. The summed E-state index contributed by atoms with van der Waals surface area (Å²) in [6.07, 6.45) is 0. The summed E-state index contributed by atoms with van der Waals surface area (Å²) in [5.74, 6) is 0. The first-order valence-corrected chi connectivity index (χ1v) is 25.4. The fourth-order valence-corrected chi connectivity index (χ4v) is 13.4. The molecule has 15 rings (SSSR count). The number of anilines is 3. The Hall–Kier alpha value is -8.40. The molecule has 0 radical (unpaired) electrons. The standard InChI is InChI=1S/C69H51NO2/c1-67(2)53-33-34-61-64(48-25-15-17-27-59(48)71-61)63(53)52-39-56-50(37-57(52)67)46-31-29-42(35-54(46)68(56,3)4)70(41-21-11-8-12-22-41)43-30-32-47-55(36-43)69(5,6)58-38-51(45-24-14-13-23-44(45)40-19-9-7-10-20-40)66-65(62(47)58)49-26-16-18-28-60(49)72-66/h7-39H,1-6H3. The largest absolute Gasteiger partial charge is 0.456 e. The van der Waals surface area contributed by atoms with Gasteiger partial charge in [-0.05, 0) is 156 Å². The predicted molar refractivity (Wildman–Crippen MR) is 299 cm³/mol. The third kappa shape index (κ3) is 5.46. The molecule has 12 aromatic rings. The number of fused-ring (bicyclic) bond motifs is 17. The molecular weight excluding hydrogens is 875 g/mol. The van der Waals surface area contributed by atoms with Gasteiger partial charge in [0.1, 0.15) is 22.3 Å². The molecule has 344 valence electrons. The molecule has 0 bridgehead atoms. The molecule has 3 heteroatoms. The minimum absolute atomic E-state index is 0.172. The van der Waals surface area contributed by atoms with Gasteiger partial charge in [-0.15, -0.1) is 0 Å². The smallest absolute Gasteiger partial charge is 0.143 e. The van der Waals surface area contributed by atoms with E-state index >= 15 is 0 Å². The van der Waals surface area contributed by atoms with Crippen LogP contribution in [0, 0.1) is 0 Å². The van der Waals surface area contributed by atoms with Gasteiger partial charge in [-0.3, -0.25) is 0 Å². The van der Waals surface area contributed by atoms with Crippen molar-refractivity contribution in [1.29, 1.82) is 0 Å². The summed E-state index contributed by atoms with van der Waals surface area (Å²) in [6, 6.07) is 73.8.